The Morgan fingerprint density at radius 3 is 2.67 bits per heavy atom. The van der Waals surface area contributed by atoms with Crippen molar-refractivity contribution in [2.45, 2.75) is 38.5 Å². The van der Waals surface area contributed by atoms with Crippen LogP contribution >= 0.6 is 0 Å². The van der Waals surface area contributed by atoms with E-state index in [1.165, 1.54) is 11.6 Å². The predicted octanol–water partition coefficient (Wildman–Crippen LogP) is 4.12. The molecule has 1 atom stereocenters. The van der Waals surface area contributed by atoms with Crippen molar-refractivity contribution in [3.05, 3.63) is 59.4 Å². The number of rotatable bonds is 7. The van der Waals surface area contributed by atoms with Crippen LogP contribution in [0.15, 0.2) is 42.7 Å². The lowest BCUT2D eigenvalue weighted by molar-refractivity contribution is 0.112. The Hall–Kier alpha value is -2.16. The summed E-state index contributed by atoms with van der Waals surface area (Å²) >= 11 is 0. The summed E-state index contributed by atoms with van der Waals surface area (Å²) in [6.07, 6.45) is 8.79. The molecule has 110 valence electrons. The molecular weight excluding hydrogens is 262 g/mol. The number of carbonyl (C=O) groups is 1. The highest BCUT2D eigenvalue weighted by Gasteiger charge is 2.08. The molecule has 0 amide bonds. The molecular formula is C18H21NO2. The molecule has 0 saturated heterocycles. The van der Waals surface area contributed by atoms with Crippen LogP contribution in [0, 0.1) is 0 Å². The summed E-state index contributed by atoms with van der Waals surface area (Å²) in [5.41, 5.74) is 2.88. The van der Waals surface area contributed by atoms with Gasteiger partial charge in [0.2, 0.25) is 0 Å². The maximum absolute atomic E-state index is 10.8. The Morgan fingerprint density at radius 1 is 1.19 bits per heavy atom. The molecule has 21 heavy (non-hydrogen) atoms. The molecule has 0 radical (unpaired) electrons. The third-order valence-corrected chi connectivity index (χ3v) is 3.77. The molecule has 1 aromatic heterocycles. The van der Waals surface area contributed by atoms with Gasteiger partial charge in [-0.05, 0) is 66.6 Å². The van der Waals surface area contributed by atoms with Crippen molar-refractivity contribution in [3.8, 4) is 5.75 Å². The molecule has 1 unspecified atom stereocenters. The van der Waals surface area contributed by atoms with Crippen molar-refractivity contribution in [1.82, 2.24) is 4.98 Å². The summed E-state index contributed by atoms with van der Waals surface area (Å²) in [5, 5.41) is 9.63. The highest BCUT2D eigenvalue weighted by molar-refractivity contribution is 5.76. The summed E-state index contributed by atoms with van der Waals surface area (Å²) < 4.78 is 0. The van der Waals surface area contributed by atoms with Crippen molar-refractivity contribution in [1.29, 1.82) is 0 Å². The Labute approximate surface area is 125 Å². The number of carbonyl (C=O) groups excluding carboxylic acids is 1. The van der Waals surface area contributed by atoms with Crippen molar-refractivity contribution in [2.24, 2.45) is 0 Å². The quantitative estimate of drug-likeness (QED) is 0.614. The van der Waals surface area contributed by atoms with Crippen LogP contribution in [0.25, 0.3) is 0 Å². The Bertz CT molecular complexity index is 581. The molecule has 3 heteroatoms. The van der Waals surface area contributed by atoms with Crippen LogP contribution in [0.3, 0.4) is 0 Å². The minimum atomic E-state index is 0.165. The standard InChI is InChI=1S/C18H21NO2/c1-14(17-10-16(13-20)11-18(21)12-17)4-2-3-5-15-6-8-19-9-7-15/h6-14,21H,2-5H2,1H3. The molecule has 0 aliphatic rings. The molecule has 0 bridgehead atoms. The third-order valence-electron chi connectivity index (χ3n) is 3.77. The van der Waals surface area contributed by atoms with Gasteiger partial charge in [0.05, 0.1) is 0 Å². The highest BCUT2D eigenvalue weighted by atomic mass is 16.3. The van der Waals surface area contributed by atoms with Gasteiger partial charge in [-0.15, -0.1) is 0 Å². The van der Waals surface area contributed by atoms with E-state index < -0.39 is 0 Å². The van der Waals surface area contributed by atoms with E-state index in [-0.39, 0.29) is 5.75 Å². The van der Waals surface area contributed by atoms with E-state index in [4.69, 9.17) is 0 Å². The second-order valence-electron chi connectivity index (χ2n) is 5.48. The molecule has 1 aromatic carbocycles. The highest BCUT2D eigenvalue weighted by Crippen LogP contribution is 2.26. The van der Waals surface area contributed by atoms with Gasteiger partial charge in [0.25, 0.3) is 0 Å². The predicted molar refractivity (Wildman–Crippen MR) is 83.7 cm³/mol. The van der Waals surface area contributed by atoms with Gasteiger partial charge in [-0.3, -0.25) is 9.78 Å². The summed E-state index contributed by atoms with van der Waals surface area (Å²) in [6.45, 7) is 2.13. The van der Waals surface area contributed by atoms with Crippen LogP contribution in [0.1, 0.15) is 53.6 Å². The number of aryl methyl sites for hydroxylation is 1. The Balaban J connectivity index is 1.83. The first-order valence-electron chi connectivity index (χ1n) is 7.37. The molecule has 2 rings (SSSR count). The van der Waals surface area contributed by atoms with E-state index in [2.05, 4.69) is 24.0 Å². The number of hydrogen-bond acceptors (Lipinski definition) is 3. The van der Waals surface area contributed by atoms with Gasteiger partial charge in [-0.1, -0.05) is 13.3 Å². The molecule has 1 heterocycles. The number of nitrogens with zero attached hydrogens (tertiary/aromatic N) is 1. The molecule has 3 nitrogen and oxygen atoms in total. The average molecular weight is 283 g/mol. The number of aromatic hydroxyl groups is 1. The fourth-order valence-corrected chi connectivity index (χ4v) is 2.51. The molecule has 0 spiro atoms. The van der Waals surface area contributed by atoms with Crippen molar-refractivity contribution < 1.29 is 9.90 Å². The van der Waals surface area contributed by atoms with E-state index in [1.54, 1.807) is 6.07 Å². The van der Waals surface area contributed by atoms with Crippen molar-refractivity contribution in [2.75, 3.05) is 0 Å². The zero-order valence-corrected chi connectivity index (χ0v) is 12.3. The number of pyridine rings is 1. The van der Waals surface area contributed by atoms with Crippen LogP contribution < -0.4 is 0 Å². The zero-order valence-electron chi connectivity index (χ0n) is 12.3. The third kappa shape index (κ3) is 4.71. The first-order valence-corrected chi connectivity index (χ1v) is 7.37. The van der Waals surface area contributed by atoms with Crippen LogP contribution in [0.5, 0.6) is 5.75 Å². The largest absolute Gasteiger partial charge is 0.508 e. The van der Waals surface area contributed by atoms with Gasteiger partial charge < -0.3 is 5.11 Å². The number of phenols is 1. The molecule has 2 aromatic rings. The smallest absolute Gasteiger partial charge is 0.150 e. The second-order valence-corrected chi connectivity index (χ2v) is 5.48. The van der Waals surface area contributed by atoms with Crippen molar-refractivity contribution in [3.63, 3.8) is 0 Å². The van der Waals surface area contributed by atoms with Gasteiger partial charge >= 0.3 is 0 Å². The number of hydrogen-bond donors (Lipinski definition) is 1. The SMILES string of the molecule is CC(CCCCc1ccncc1)c1cc(O)cc(C=O)c1. The van der Waals surface area contributed by atoms with E-state index >= 15 is 0 Å². The lowest BCUT2D eigenvalue weighted by Gasteiger charge is -2.13. The Kier molecular flexibility index (Phi) is 5.50. The monoisotopic (exact) mass is 283 g/mol. The Morgan fingerprint density at radius 2 is 1.95 bits per heavy atom. The zero-order chi connectivity index (χ0) is 15.1. The number of phenolic OH excluding ortho intramolecular Hbond substituents is 1. The van der Waals surface area contributed by atoms with Gasteiger partial charge in [0.15, 0.2) is 0 Å². The van der Waals surface area contributed by atoms with E-state index in [0.717, 1.165) is 37.5 Å². The van der Waals surface area contributed by atoms with Gasteiger partial charge in [-0.25, -0.2) is 0 Å². The maximum atomic E-state index is 10.8. The second kappa shape index (κ2) is 7.58. The van der Waals surface area contributed by atoms with E-state index in [1.807, 2.05) is 18.5 Å². The summed E-state index contributed by atoms with van der Waals surface area (Å²) in [7, 11) is 0. The first-order chi connectivity index (χ1) is 10.2. The molecule has 0 fully saturated rings. The number of benzene rings is 1. The van der Waals surface area contributed by atoms with E-state index in [9.17, 15) is 9.90 Å². The first kappa shape index (κ1) is 15.2. The molecule has 0 saturated carbocycles. The minimum Gasteiger partial charge on any atom is -0.508 e. The number of unbranched alkanes of at least 4 members (excludes halogenated alkanes) is 1. The van der Waals surface area contributed by atoms with E-state index in [0.29, 0.717) is 11.5 Å². The van der Waals surface area contributed by atoms with Crippen molar-refractivity contribution >= 4 is 6.29 Å². The van der Waals surface area contributed by atoms with Crippen LogP contribution in [0.2, 0.25) is 0 Å². The molecule has 1 N–H and O–H groups in total. The minimum absolute atomic E-state index is 0.165. The lowest BCUT2D eigenvalue weighted by atomic mass is 9.93. The molecule has 0 aliphatic carbocycles. The number of aldehydes is 1. The summed E-state index contributed by atoms with van der Waals surface area (Å²) in [5.74, 6) is 0.506. The van der Waals surface area contributed by atoms with Crippen LogP contribution in [0.4, 0.5) is 0 Å². The van der Waals surface area contributed by atoms with Gasteiger partial charge in [-0.2, -0.15) is 0 Å². The lowest BCUT2D eigenvalue weighted by Crippen LogP contribution is -1.96. The fourth-order valence-electron chi connectivity index (χ4n) is 2.51. The van der Waals surface area contributed by atoms with Crippen LogP contribution in [-0.4, -0.2) is 16.4 Å². The summed E-state index contributed by atoms with van der Waals surface area (Å²) in [6, 6.07) is 9.21. The fraction of sp³-hybridized carbons (Fsp3) is 0.333. The summed E-state index contributed by atoms with van der Waals surface area (Å²) in [4.78, 5) is 14.8. The van der Waals surface area contributed by atoms with Crippen LogP contribution in [-0.2, 0) is 6.42 Å². The average Bonchev–Trinajstić information content (AvgIpc) is 2.51. The maximum Gasteiger partial charge on any atom is 0.150 e. The topological polar surface area (TPSA) is 50.2 Å². The molecule has 0 aliphatic heterocycles. The number of aromatic nitrogens is 1. The van der Waals surface area contributed by atoms with Gasteiger partial charge in [0.1, 0.15) is 12.0 Å². The normalized spacial score (nSPS) is 12.0. The van der Waals surface area contributed by atoms with Gasteiger partial charge in [0, 0.05) is 18.0 Å².